The molecule has 1 aromatic carbocycles. The lowest BCUT2D eigenvalue weighted by Crippen LogP contribution is -2.44. The third-order valence-corrected chi connectivity index (χ3v) is 7.93. The van der Waals surface area contributed by atoms with Gasteiger partial charge in [0.1, 0.15) is 0 Å². The molecule has 0 saturated carbocycles. The molecule has 1 aliphatic heterocycles. The SMILES string of the molecule is CCOC(=O)[C@@](C)(CCc1ccc(B2OC(C)(C)C(C)(C)O2)cc1)S(C)(=O)=O. The Morgan fingerprint density at radius 1 is 1.11 bits per heavy atom. The number of carbonyl (C=O) groups is 1. The second-order valence-electron chi connectivity index (χ2n) is 8.55. The van der Waals surface area contributed by atoms with Crippen LogP contribution in [0, 0.1) is 0 Å². The minimum atomic E-state index is -3.62. The quantitative estimate of drug-likeness (QED) is 0.507. The Hall–Kier alpha value is -1.38. The number of hydrogen-bond donors (Lipinski definition) is 0. The van der Waals surface area contributed by atoms with Crippen LogP contribution in [0.25, 0.3) is 0 Å². The maximum absolute atomic E-state index is 12.2. The average Bonchev–Trinajstić information content (AvgIpc) is 2.80. The fourth-order valence-electron chi connectivity index (χ4n) is 2.93. The molecule has 0 spiro atoms. The number of rotatable bonds is 7. The van der Waals surface area contributed by atoms with Crippen LogP contribution in [0.5, 0.6) is 0 Å². The molecule has 0 amide bonds. The van der Waals surface area contributed by atoms with E-state index < -0.39 is 38.9 Å². The van der Waals surface area contributed by atoms with Crippen LogP contribution in [0.1, 0.15) is 53.5 Å². The molecule has 0 aromatic heterocycles. The fraction of sp³-hybridized carbons (Fsp3) is 0.650. The first kappa shape index (κ1) is 22.9. The second kappa shape index (κ2) is 7.80. The lowest BCUT2D eigenvalue weighted by Gasteiger charge is -2.32. The summed E-state index contributed by atoms with van der Waals surface area (Å²) in [7, 11) is -4.06. The molecule has 8 heteroatoms. The number of benzene rings is 1. The van der Waals surface area contributed by atoms with Gasteiger partial charge in [-0.1, -0.05) is 24.3 Å². The summed E-state index contributed by atoms with van der Waals surface area (Å²) in [5, 5.41) is 0. The molecule has 1 aliphatic rings. The largest absolute Gasteiger partial charge is 0.494 e. The van der Waals surface area contributed by atoms with Crippen molar-refractivity contribution in [3.8, 4) is 0 Å². The standard InChI is InChI=1S/C20H31BO6S/c1-8-25-17(22)20(6,28(7,23)24)14-13-15-9-11-16(12-10-15)21-26-18(2,3)19(4,5)27-21/h9-12H,8,13-14H2,1-7H3/t20-/m1/s1. The van der Waals surface area contributed by atoms with Gasteiger partial charge in [0, 0.05) is 6.26 Å². The van der Waals surface area contributed by atoms with Crippen LogP contribution in [0.4, 0.5) is 0 Å². The van der Waals surface area contributed by atoms with E-state index in [1.54, 1.807) is 6.92 Å². The van der Waals surface area contributed by atoms with Crippen molar-refractivity contribution >= 4 is 28.4 Å². The molecule has 28 heavy (non-hydrogen) atoms. The zero-order chi connectivity index (χ0) is 21.4. The first-order valence-corrected chi connectivity index (χ1v) is 11.4. The Morgan fingerprint density at radius 2 is 1.61 bits per heavy atom. The minimum absolute atomic E-state index is 0.146. The summed E-state index contributed by atoms with van der Waals surface area (Å²) in [6.07, 6.45) is 1.66. The van der Waals surface area contributed by atoms with Gasteiger partial charge in [-0.25, -0.2) is 8.42 Å². The van der Waals surface area contributed by atoms with Crippen LogP contribution in [0.3, 0.4) is 0 Å². The Labute approximate surface area is 169 Å². The van der Waals surface area contributed by atoms with E-state index in [1.807, 2.05) is 52.0 Å². The summed E-state index contributed by atoms with van der Waals surface area (Å²) in [4.78, 5) is 12.2. The van der Waals surface area contributed by atoms with Crippen LogP contribution in [-0.2, 0) is 35.1 Å². The topological polar surface area (TPSA) is 78.9 Å². The monoisotopic (exact) mass is 410 g/mol. The summed E-state index contributed by atoms with van der Waals surface area (Å²) in [6, 6.07) is 7.65. The van der Waals surface area contributed by atoms with Crippen molar-refractivity contribution in [1.82, 2.24) is 0 Å². The molecule has 6 nitrogen and oxygen atoms in total. The molecule has 0 radical (unpaired) electrons. The number of sulfone groups is 1. The van der Waals surface area contributed by atoms with Gasteiger partial charge in [0.2, 0.25) is 0 Å². The molecular formula is C20H31BO6S. The molecule has 0 bridgehead atoms. The number of ether oxygens (including phenoxy) is 1. The van der Waals surface area contributed by atoms with Gasteiger partial charge in [0.15, 0.2) is 14.6 Å². The van der Waals surface area contributed by atoms with Crippen molar-refractivity contribution in [3.63, 3.8) is 0 Å². The molecule has 0 unspecified atom stereocenters. The highest BCUT2D eigenvalue weighted by Crippen LogP contribution is 2.36. The van der Waals surface area contributed by atoms with Crippen molar-refractivity contribution in [3.05, 3.63) is 29.8 Å². The molecule has 1 atom stereocenters. The molecule has 156 valence electrons. The molecule has 0 aliphatic carbocycles. The molecule has 1 aromatic rings. The normalized spacial score (nSPS) is 20.6. The number of aryl methyl sites for hydroxylation is 1. The van der Waals surface area contributed by atoms with Gasteiger partial charge in [-0.15, -0.1) is 0 Å². The van der Waals surface area contributed by atoms with Gasteiger partial charge in [-0.05, 0) is 65.4 Å². The third kappa shape index (κ3) is 4.44. The summed E-state index contributed by atoms with van der Waals surface area (Å²) in [5.41, 5.74) is 1.01. The van der Waals surface area contributed by atoms with Crippen LogP contribution >= 0.6 is 0 Å². The van der Waals surface area contributed by atoms with E-state index >= 15 is 0 Å². The first-order valence-electron chi connectivity index (χ1n) is 9.55. The van der Waals surface area contributed by atoms with E-state index in [9.17, 15) is 13.2 Å². The highest BCUT2D eigenvalue weighted by Gasteiger charge is 2.51. The Kier molecular flexibility index (Phi) is 6.38. The highest BCUT2D eigenvalue weighted by atomic mass is 32.2. The Bertz CT molecular complexity index is 800. The number of esters is 1. The summed E-state index contributed by atoms with van der Waals surface area (Å²) < 4.78 is 39.9. The van der Waals surface area contributed by atoms with E-state index in [4.69, 9.17) is 14.0 Å². The predicted octanol–water partition coefficient (Wildman–Crippen LogP) is 2.28. The third-order valence-electron chi connectivity index (χ3n) is 5.92. The van der Waals surface area contributed by atoms with E-state index in [2.05, 4.69) is 0 Å². The van der Waals surface area contributed by atoms with E-state index in [0.717, 1.165) is 17.3 Å². The molecule has 2 rings (SSSR count). The second-order valence-corrected chi connectivity index (χ2v) is 11.0. The van der Waals surface area contributed by atoms with Gasteiger partial charge in [-0.2, -0.15) is 0 Å². The van der Waals surface area contributed by atoms with Crippen molar-refractivity contribution in [2.24, 2.45) is 0 Å². The molecule has 0 N–H and O–H groups in total. The maximum atomic E-state index is 12.2. The van der Waals surface area contributed by atoms with Crippen LogP contribution < -0.4 is 5.46 Å². The average molecular weight is 410 g/mol. The first-order chi connectivity index (χ1) is 12.7. The maximum Gasteiger partial charge on any atom is 0.494 e. The zero-order valence-electron chi connectivity index (χ0n) is 17.9. The van der Waals surface area contributed by atoms with Crippen molar-refractivity contribution in [2.45, 2.75) is 70.3 Å². The predicted molar refractivity (Wildman–Crippen MR) is 110 cm³/mol. The van der Waals surface area contributed by atoms with Gasteiger partial charge in [-0.3, -0.25) is 4.79 Å². The highest BCUT2D eigenvalue weighted by molar-refractivity contribution is 7.92. The van der Waals surface area contributed by atoms with Gasteiger partial charge >= 0.3 is 13.1 Å². The van der Waals surface area contributed by atoms with Crippen molar-refractivity contribution in [1.29, 1.82) is 0 Å². The Morgan fingerprint density at radius 3 is 2.04 bits per heavy atom. The van der Waals surface area contributed by atoms with Crippen molar-refractivity contribution < 1.29 is 27.3 Å². The summed E-state index contributed by atoms with van der Waals surface area (Å²) in [6.45, 7) is 11.2. The van der Waals surface area contributed by atoms with Crippen LogP contribution in [-0.4, -0.2) is 50.3 Å². The lowest BCUT2D eigenvalue weighted by molar-refractivity contribution is -0.146. The molecule has 1 heterocycles. The smallest absolute Gasteiger partial charge is 0.465 e. The lowest BCUT2D eigenvalue weighted by atomic mass is 9.78. The van der Waals surface area contributed by atoms with Crippen molar-refractivity contribution in [2.75, 3.05) is 12.9 Å². The zero-order valence-corrected chi connectivity index (χ0v) is 18.7. The molecule has 1 fully saturated rings. The number of hydrogen-bond acceptors (Lipinski definition) is 6. The molecule has 1 saturated heterocycles. The molecular weight excluding hydrogens is 379 g/mol. The fourth-order valence-corrected chi connectivity index (χ4v) is 3.76. The Balaban J connectivity index is 2.11. The van der Waals surface area contributed by atoms with Crippen LogP contribution in [0.2, 0.25) is 0 Å². The van der Waals surface area contributed by atoms with Gasteiger partial charge in [0.05, 0.1) is 17.8 Å². The van der Waals surface area contributed by atoms with E-state index in [0.29, 0.717) is 6.42 Å². The van der Waals surface area contributed by atoms with Crippen LogP contribution in [0.15, 0.2) is 24.3 Å². The van der Waals surface area contributed by atoms with Gasteiger partial charge in [0.25, 0.3) is 0 Å². The van der Waals surface area contributed by atoms with Gasteiger partial charge < -0.3 is 14.0 Å². The summed E-state index contributed by atoms with van der Waals surface area (Å²) >= 11 is 0. The minimum Gasteiger partial charge on any atom is -0.465 e. The van der Waals surface area contributed by atoms with E-state index in [1.165, 1.54) is 6.92 Å². The number of carbonyl (C=O) groups excluding carboxylic acids is 1. The van der Waals surface area contributed by atoms with E-state index in [-0.39, 0.29) is 13.0 Å². The summed E-state index contributed by atoms with van der Waals surface area (Å²) in [5.74, 6) is -0.702.